The Hall–Kier alpha value is -4.22. The molecule has 0 bridgehead atoms. The van der Waals surface area contributed by atoms with Crippen molar-refractivity contribution in [2.45, 2.75) is 25.3 Å². The van der Waals surface area contributed by atoms with Crippen molar-refractivity contribution in [3.8, 4) is 0 Å². The van der Waals surface area contributed by atoms with E-state index in [-0.39, 0.29) is 29.5 Å². The Bertz CT molecular complexity index is 1380. The number of halogens is 3. The molecule has 0 spiro atoms. The monoisotopic (exact) mass is 456 g/mol. The van der Waals surface area contributed by atoms with Crippen LogP contribution in [0.15, 0.2) is 30.0 Å². The van der Waals surface area contributed by atoms with Crippen molar-refractivity contribution in [2.75, 3.05) is 10.6 Å². The number of nitrogens with zero attached hydrogens (tertiary/aromatic N) is 3. The molecule has 168 valence electrons. The minimum Gasteiger partial charge on any atom is -0.367 e. The van der Waals surface area contributed by atoms with Gasteiger partial charge >= 0.3 is 0 Å². The predicted molar refractivity (Wildman–Crippen MR) is 110 cm³/mol. The molecule has 33 heavy (non-hydrogen) atoms. The number of nitrogens with one attached hydrogen (secondary N) is 3. The maximum Gasteiger partial charge on any atom is 0.260 e. The van der Waals surface area contributed by atoms with Crippen molar-refractivity contribution in [1.82, 2.24) is 19.9 Å². The van der Waals surface area contributed by atoms with Gasteiger partial charge in [-0.25, -0.2) is 18.2 Å². The number of anilines is 2. The van der Waals surface area contributed by atoms with E-state index >= 15 is 0 Å². The van der Waals surface area contributed by atoms with Gasteiger partial charge in [0.05, 0.1) is 18.2 Å². The van der Waals surface area contributed by atoms with E-state index in [0.29, 0.717) is 23.5 Å². The van der Waals surface area contributed by atoms with Crippen LogP contribution in [0.25, 0.3) is 11.7 Å². The molecule has 5 rings (SSSR count). The lowest BCUT2D eigenvalue weighted by molar-refractivity contribution is -0.124. The van der Waals surface area contributed by atoms with Gasteiger partial charge < -0.3 is 10.6 Å². The van der Waals surface area contributed by atoms with Crippen LogP contribution in [0.1, 0.15) is 35.2 Å². The summed E-state index contributed by atoms with van der Waals surface area (Å²) in [4.78, 5) is 40.2. The van der Waals surface area contributed by atoms with Crippen LogP contribution in [0.4, 0.5) is 24.8 Å². The molecule has 0 radical (unpaired) electrons. The maximum atomic E-state index is 14.0. The number of carbonyl (C=O) groups excluding carboxylic acids is 3. The van der Waals surface area contributed by atoms with Gasteiger partial charge in [0.25, 0.3) is 11.8 Å². The van der Waals surface area contributed by atoms with E-state index in [1.165, 1.54) is 22.9 Å². The van der Waals surface area contributed by atoms with Gasteiger partial charge in [-0.3, -0.25) is 19.7 Å². The Kier molecular flexibility index (Phi) is 4.84. The van der Waals surface area contributed by atoms with E-state index in [2.05, 4.69) is 26.0 Å². The number of rotatable bonds is 5. The Balaban J connectivity index is 1.55. The molecular weight excluding hydrogens is 441 g/mol. The van der Waals surface area contributed by atoms with Gasteiger partial charge in [-0.15, -0.1) is 0 Å². The van der Waals surface area contributed by atoms with E-state index < -0.39 is 40.7 Å². The first-order valence-corrected chi connectivity index (χ1v) is 9.94. The fourth-order valence-corrected chi connectivity index (χ4v) is 3.40. The van der Waals surface area contributed by atoms with E-state index in [0.717, 1.165) is 12.8 Å². The zero-order chi connectivity index (χ0) is 23.3. The van der Waals surface area contributed by atoms with Crippen LogP contribution in [-0.2, 0) is 9.59 Å². The predicted octanol–water partition coefficient (Wildman–Crippen LogP) is 2.40. The minimum absolute atomic E-state index is 0.0354. The number of benzene rings is 1. The van der Waals surface area contributed by atoms with Gasteiger partial charge in [0.2, 0.25) is 5.91 Å². The van der Waals surface area contributed by atoms with Crippen molar-refractivity contribution in [2.24, 2.45) is 0 Å². The number of imide groups is 1. The van der Waals surface area contributed by atoms with Gasteiger partial charge in [0.15, 0.2) is 17.3 Å². The van der Waals surface area contributed by atoms with Crippen LogP contribution in [0.5, 0.6) is 0 Å². The average molecular weight is 456 g/mol. The molecule has 12 heteroatoms. The Morgan fingerprint density at radius 1 is 1.18 bits per heavy atom. The number of amides is 3. The van der Waals surface area contributed by atoms with Crippen molar-refractivity contribution in [1.29, 1.82) is 0 Å². The summed E-state index contributed by atoms with van der Waals surface area (Å²) in [6, 6.07) is 2.56. The van der Waals surface area contributed by atoms with Crippen LogP contribution in [0, 0.1) is 17.5 Å². The second kappa shape index (κ2) is 7.73. The third-order valence-corrected chi connectivity index (χ3v) is 5.13. The molecule has 1 aliphatic carbocycles. The fraction of sp³-hybridized carbons (Fsp3) is 0.190. The molecular formula is C21H15F3N6O3. The lowest BCUT2D eigenvalue weighted by atomic mass is 10.1. The molecule has 1 aliphatic heterocycles. The van der Waals surface area contributed by atoms with E-state index in [1.807, 2.05) is 0 Å². The van der Waals surface area contributed by atoms with Crippen LogP contribution >= 0.6 is 0 Å². The first kappa shape index (κ1) is 20.7. The van der Waals surface area contributed by atoms with Crippen LogP contribution in [-0.4, -0.2) is 38.4 Å². The van der Waals surface area contributed by atoms with Crippen molar-refractivity contribution in [3.63, 3.8) is 0 Å². The molecule has 9 nitrogen and oxygen atoms in total. The molecule has 2 fully saturated rings. The number of carbonyl (C=O) groups is 3. The third-order valence-electron chi connectivity index (χ3n) is 5.13. The highest BCUT2D eigenvalue weighted by Gasteiger charge is 2.26. The molecule has 1 aromatic carbocycles. The van der Waals surface area contributed by atoms with E-state index in [4.69, 9.17) is 0 Å². The maximum absolute atomic E-state index is 14.0. The van der Waals surface area contributed by atoms with Crippen molar-refractivity contribution < 1.29 is 27.6 Å². The van der Waals surface area contributed by atoms with Gasteiger partial charge in [-0.2, -0.15) is 9.61 Å². The lowest BCUT2D eigenvalue weighted by Gasteiger charge is -2.11. The summed E-state index contributed by atoms with van der Waals surface area (Å²) in [5.41, 5.74) is 0.0391. The molecule has 3 aromatic rings. The molecule has 1 saturated heterocycles. The summed E-state index contributed by atoms with van der Waals surface area (Å²) in [5.74, 6) is -5.71. The molecule has 0 unspecified atom stereocenters. The summed E-state index contributed by atoms with van der Waals surface area (Å²) >= 11 is 0. The largest absolute Gasteiger partial charge is 0.367 e. The number of hydrogen-bond donors (Lipinski definition) is 3. The molecule has 2 aromatic heterocycles. The molecule has 0 atom stereocenters. The number of hydrogen-bond acceptors (Lipinski definition) is 6. The second-order valence-corrected chi connectivity index (χ2v) is 7.71. The SMILES string of the molecule is O=C1C/C(=C\c2cnn3c(NC4CC4)cc(NC(=O)c4cc(F)cc(F)c4F)nc23)C(=O)N1. The van der Waals surface area contributed by atoms with Crippen LogP contribution in [0.2, 0.25) is 0 Å². The summed E-state index contributed by atoms with van der Waals surface area (Å²) in [5, 5.41) is 12.0. The fourth-order valence-electron chi connectivity index (χ4n) is 3.40. The number of fused-ring (bicyclic) bond motifs is 1. The lowest BCUT2D eigenvalue weighted by Crippen LogP contribution is -2.19. The molecule has 2 aliphatic rings. The minimum atomic E-state index is -1.49. The van der Waals surface area contributed by atoms with Gasteiger partial charge in [0.1, 0.15) is 17.5 Å². The Morgan fingerprint density at radius 3 is 2.67 bits per heavy atom. The summed E-state index contributed by atoms with van der Waals surface area (Å²) in [6.07, 6.45) is 4.67. The molecule has 3 amide bonds. The number of aromatic nitrogens is 3. The van der Waals surface area contributed by atoms with Crippen molar-refractivity contribution in [3.05, 3.63) is 58.5 Å². The highest BCUT2D eigenvalue weighted by molar-refractivity contribution is 6.15. The molecule has 3 N–H and O–H groups in total. The molecule has 3 heterocycles. The van der Waals surface area contributed by atoms with E-state index in [1.54, 1.807) is 0 Å². The zero-order valence-electron chi connectivity index (χ0n) is 16.8. The zero-order valence-corrected chi connectivity index (χ0v) is 16.8. The Labute approximate surface area is 183 Å². The summed E-state index contributed by atoms with van der Waals surface area (Å²) in [7, 11) is 0. The smallest absolute Gasteiger partial charge is 0.260 e. The standard InChI is InChI=1S/C21H15F3N6O3/c22-11-5-13(18(24)14(23)6-11)21(33)28-15-7-16(26-12-1-2-12)30-19(27-15)10(8-25-30)3-9-4-17(31)29-20(9)32/h3,5-8,12,26H,1-2,4H2,(H,27,28,33)(H,29,31,32)/b9-3+. The Morgan fingerprint density at radius 2 is 1.97 bits per heavy atom. The average Bonchev–Trinajstić information content (AvgIpc) is 3.39. The molecule has 1 saturated carbocycles. The highest BCUT2D eigenvalue weighted by Crippen LogP contribution is 2.28. The quantitative estimate of drug-likeness (QED) is 0.308. The third kappa shape index (κ3) is 4.02. The van der Waals surface area contributed by atoms with Gasteiger partial charge in [-0.05, 0) is 25.0 Å². The first-order valence-electron chi connectivity index (χ1n) is 9.94. The second-order valence-electron chi connectivity index (χ2n) is 7.71. The topological polar surface area (TPSA) is 117 Å². The summed E-state index contributed by atoms with van der Waals surface area (Å²) < 4.78 is 42.5. The van der Waals surface area contributed by atoms with Gasteiger partial charge in [0, 0.05) is 29.3 Å². The normalized spacial score (nSPS) is 17.0. The van der Waals surface area contributed by atoms with Crippen LogP contribution in [0.3, 0.4) is 0 Å². The highest BCUT2D eigenvalue weighted by atomic mass is 19.2. The first-order chi connectivity index (χ1) is 15.8. The summed E-state index contributed by atoms with van der Waals surface area (Å²) in [6.45, 7) is 0. The van der Waals surface area contributed by atoms with Gasteiger partial charge in [-0.1, -0.05) is 0 Å². The van der Waals surface area contributed by atoms with E-state index in [9.17, 15) is 27.6 Å². The van der Waals surface area contributed by atoms with Crippen molar-refractivity contribution >= 4 is 41.1 Å². The van der Waals surface area contributed by atoms with Crippen LogP contribution < -0.4 is 16.0 Å².